The van der Waals surface area contributed by atoms with Crippen molar-refractivity contribution in [2.24, 2.45) is 5.92 Å². The van der Waals surface area contributed by atoms with E-state index in [-0.39, 0.29) is 60.0 Å². The number of β-amino-alcohol motifs (C(OH)–C–C–N with tert-alkyl or cyclic N) is 1. The third-order valence-corrected chi connectivity index (χ3v) is 18.7. The number of aromatic hydroxyl groups is 1. The van der Waals surface area contributed by atoms with Crippen molar-refractivity contribution < 1.29 is 33.8 Å². The van der Waals surface area contributed by atoms with Crippen LogP contribution < -0.4 is 25.0 Å². The Morgan fingerprint density at radius 1 is 0.987 bits per heavy atom. The van der Waals surface area contributed by atoms with Crippen LogP contribution in [0.15, 0.2) is 76.9 Å². The van der Waals surface area contributed by atoms with Crippen LogP contribution in [0.3, 0.4) is 0 Å². The number of likely N-dealkylation sites (tertiary alicyclic amines) is 1. The largest absolute Gasteiger partial charge is 0.508 e. The van der Waals surface area contributed by atoms with Crippen molar-refractivity contribution in [3.05, 3.63) is 101 Å². The number of fused-ring (bicyclic) bond motifs is 7. The number of carbonyl (C=O) groups is 2. The highest BCUT2D eigenvalue weighted by atomic mass is 32.1. The van der Waals surface area contributed by atoms with Gasteiger partial charge in [-0.1, -0.05) is 63.2 Å². The smallest absolute Gasteiger partial charge is 0.319 e. The monoisotopic (exact) mass is 1060 g/mol. The van der Waals surface area contributed by atoms with Crippen molar-refractivity contribution in [3.8, 4) is 39.3 Å². The van der Waals surface area contributed by atoms with Crippen LogP contribution in [0.1, 0.15) is 119 Å². The van der Waals surface area contributed by atoms with Gasteiger partial charge in [-0.15, -0.1) is 11.3 Å². The quantitative estimate of drug-likeness (QED) is 0.0807. The number of anilines is 1. The molecule has 2 amide bonds. The third-order valence-electron chi connectivity index (χ3n) is 17.7. The Hall–Kier alpha value is -6.73. The molecular formula is C59H66N10O7S. The summed E-state index contributed by atoms with van der Waals surface area (Å²) in [6, 6.07) is 19.8. The Kier molecular flexibility index (Phi) is 12.7. The SMILES string of the molecule is Cc1ncsc1-c1ccc([C@H](C)NC(=O)[C@@H]2C[C@@H](O)CN2C(=O)[C@H](c2cc(OC[C@H]3CC[C@]4(COc5nc(N6CC7CCC(C6)N7)c6cnc7c(c6n5)C(C)c5cccc6cc(O)cc-7c56)CCCN34)no2)C(C)C)cc1. The van der Waals surface area contributed by atoms with E-state index in [4.69, 9.17) is 28.9 Å². The van der Waals surface area contributed by atoms with Crippen LogP contribution >= 0.6 is 11.3 Å². The van der Waals surface area contributed by atoms with Gasteiger partial charge >= 0.3 is 6.01 Å². The molecule has 3 aromatic carbocycles. The molecule has 9 heterocycles. The number of carbonyl (C=O) groups excluding carboxylic acids is 2. The van der Waals surface area contributed by atoms with Crippen LogP contribution in [0.4, 0.5) is 5.82 Å². The van der Waals surface area contributed by atoms with Gasteiger partial charge in [-0.3, -0.25) is 19.5 Å². The first kappa shape index (κ1) is 49.8. The fraction of sp³-hybridized carbons (Fsp3) is 0.475. The van der Waals surface area contributed by atoms with E-state index in [0.717, 1.165) is 124 Å². The number of hydrogen-bond donors (Lipinski definition) is 4. The normalized spacial score (nSPS) is 25.4. The lowest BCUT2D eigenvalue weighted by molar-refractivity contribution is -0.141. The first-order valence-electron chi connectivity index (χ1n) is 27.5. The van der Waals surface area contributed by atoms with E-state index < -0.39 is 18.1 Å². The number of phenols is 1. The van der Waals surface area contributed by atoms with E-state index in [9.17, 15) is 19.8 Å². The molecule has 77 heavy (non-hydrogen) atoms. The molecule has 18 heteroatoms. The molecule has 0 spiro atoms. The Morgan fingerprint density at radius 2 is 1.81 bits per heavy atom. The lowest BCUT2D eigenvalue weighted by Crippen LogP contribution is -2.51. The van der Waals surface area contributed by atoms with E-state index >= 15 is 0 Å². The van der Waals surface area contributed by atoms with Crippen molar-refractivity contribution in [2.45, 2.75) is 133 Å². The number of ether oxygens (including phenoxy) is 2. The van der Waals surface area contributed by atoms with Gasteiger partial charge in [0.05, 0.1) is 50.4 Å². The lowest BCUT2D eigenvalue weighted by Gasteiger charge is -2.36. The topological polar surface area (TPSA) is 204 Å². The molecule has 4 aromatic heterocycles. The lowest BCUT2D eigenvalue weighted by atomic mass is 9.79. The fourth-order valence-electron chi connectivity index (χ4n) is 13.9. The number of amides is 2. The zero-order chi connectivity index (χ0) is 52.9. The van der Waals surface area contributed by atoms with Gasteiger partial charge in [0.15, 0.2) is 5.76 Å². The summed E-state index contributed by atoms with van der Waals surface area (Å²) in [7, 11) is 0. The second-order valence-electron chi connectivity index (χ2n) is 22.9. The van der Waals surface area contributed by atoms with Gasteiger partial charge in [-0.2, -0.15) is 9.97 Å². The van der Waals surface area contributed by atoms with Crippen molar-refractivity contribution in [2.75, 3.05) is 44.3 Å². The predicted octanol–water partition coefficient (Wildman–Crippen LogP) is 8.41. The molecule has 400 valence electrons. The van der Waals surface area contributed by atoms with Gasteiger partial charge in [0.2, 0.25) is 11.8 Å². The van der Waals surface area contributed by atoms with Gasteiger partial charge in [0, 0.05) is 73.5 Å². The van der Waals surface area contributed by atoms with E-state index in [1.807, 2.05) is 81.9 Å². The molecule has 0 radical (unpaired) electrons. The third kappa shape index (κ3) is 8.84. The minimum atomic E-state index is -0.848. The summed E-state index contributed by atoms with van der Waals surface area (Å²) in [5.41, 5.74) is 9.36. The number of aliphatic hydroxyl groups excluding tert-OH is 1. The van der Waals surface area contributed by atoms with E-state index in [1.54, 1.807) is 17.4 Å². The highest BCUT2D eigenvalue weighted by Crippen LogP contribution is 2.49. The number of piperazine rings is 1. The van der Waals surface area contributed by atoms with Gasteiger partial charge in [0.25, 0.3) is 5.88 Å². The van der Waals surface area contributed by atoms with E-state index in [0.29, 0.717) is 42.9 Å². The summed E-state index contributed by atoms with van der Waals surface area (Å²) < 4.78 is 19.2. The number of benzene rings is 3. The van der Waals surface area contributed by atoms with Gasteiger partial charge < -0.3 is 44.6 Å². The van der Waals surface area contributed by atoms with Gasteiger partial charge in [-0.25, -0.2) is 4.98 Å². The van der Waals surface area contributed by atoms with Gasteiger partial charge in [0.1, 0.15) is 36.7 Å². The maximum absolute atomic E-state index is 14.5. The first-order chi connectivity index (χ1) is 37.3. The number of phenolic OH excluding ortho intramolecular Hbond substituents is 1. The van der Waals surface area contributed by atoms with Crippen LogP contribution in [-0.2, 0) is 9.59 Å². The highest BCUT2D eigenvalue weighted by Gasteiger charge is 2.51. The molecule has 2 bridgehead atoms. The van der Waals surface area contributed by atoms with Crippen LogP contribution in [0.25, 0.3) is 43.4 Å². The molecule has 9 atom stereocenters. The van der Waals surface area contributed by atoms with Crippen molar-refractivity contribution in [1.29, 1.82) is 0 Å². The zero-order valence-corrected chi connectivity index (χ0v) is 45.1. The van der Waals surface area contributed by atoms with Crippen LogP contribution in [0.2, 0.25) is 0 Å². The molecule has 5 fully saturated rings. The summed E-state index contributed by atoms with van der Waals surface area (Å²) in [6.07, 6.45) is 7.33. The van der Waals surface area contributed by atoms with E-state index in [1.165, 1.54) is 10.5 Å². The second-order valence-corrected chi connectivity index (χ2v) is 23.8. The molecule has 6 aliphatic rings. The number of rotatable bonds is 14. The standard InChI is InChI=1S/C59H66N10O7S/c1-31(2)49(57(73)68-27-42(71)22-46(68)56(72)62-33(4)35-10-12-36(13-11-35)54-34(5)61-30-77-54)47-23-48(66-76-47)74-28-40-16-18-59(17-7-19-69(40)59)29-75-58-64-53-45(55(65-58)67-25-38-14-15-39(26-67)63-38)24-60-52-44-21-41(70)20-37-8-6-9-43(51(37)44)32(3)50(52)53/h6,8-13,20-21,23-24,30-33,38-40,42,46,49,63,70-71H,7,14-19,22,25-29H2,1-5H3,(H,62,72)/t32?,33-,38?,39?,40+,42+,46-,49-,59-/m0/s1. The Labute approximate surface area is 451 Å². The molecule has 5 aliphatic heterocycles. The number of nitrogens with zero attached hydrogens (tertiary/aromatic N) is 8. The molecule has 4 N–H and O–H groups in total. The molecule has 3 unspecified atom stereocenters. The summed E-state index contributed by atoms with van der Waals surface area (Å²) in [5, 5.41) is 35.9. The Bertz CT molecular complexity index is 3410. The second kappa shape index (κ2) is 19.6. The van der Waals surface area contributed by atoms with Crippen molar-refractivity contribution >= 4 is 50.6 Å². The number of aryl methyl sites for hydroxylation is 1. The first-order valence-corrected chi connectivity index (χ1v) is 28.4. The van der Waals surface area contributed by atoms with Crippen molar-refractivity contribution in [1.82, 2.24) is 45.5 Å². The van der Waals surface area contributed by atoms with Crippen LogP contribution in [0.5, 0.6) is 17.6 Å². The Balaban J connectivity index is 0.697. The van der Waals surface area contributed by atoms with Crippen LogP contribution in [-0.4, -0.2) is 132 Å². The summed E-state index contributed by atoms with van der Waals surface area (Å²) in [5.74, 6) is 0.132. The van der Waals surface area contributed by atoms with E-state index in [2.05, 4.69) is 49.6 Å². The predicted molar refractivity (Wildman–Crippen MR) is 293 cm³/mol. The molecule has 7 aromatic rings. The molecule has 5 saturated heterocycles. The summed E-state index contributed by atoms with van der Waals surface area (Å²) >= 11 is 1.59. The minimum absolute atomic E-state index is 0.0112. The number of aliphatic hydroxyl groups is 1. The maximum atomic E-state index is 14.5. The fourth-order valence-corrected chi connectivity index (χ4v) is 14.7. The average molecular weight is 1060 g/mol. The molecule has 0 saturated carbocycles. The number of pyridine rings is 1. The molecular weight excluding hydrogens is 993 g/mol. The van der Waals surface area contributed by atoms with Crippen LogP contribution in [0, 0.1) is 12.8 Å². The average Bonchev–Trinajstić information content (AvgIpc) is 4.47. The molecule has 17 nitrogen and oxygen atoms in total. The van der Waals surface area contributed by atoms with Crippen molar-refractivity contribution in [3.63, 3.8) is 0 Å². The Morgan fingerprint density at radius 3 is 2.58 bits per heavy atom. The molecule has 1 aliphatic carbocycles. The number of thiazole rings is 1. The van der Waals surface area contributed by atoms with Gasteiger partial charge in [-0.05, 0) is 110 Å². The maximum Gasteiger partial charge on any atom is 0.319 e. The zero-order valence-electron chi connectivity index (χ0n) is 44.2. The summed E-state index contributed by atoms with van der Waals surface area (Å²) in [4.78, 5) is 56.0. The number of aromatic nitrogens is 5. The highest BCUT2D eigenvalue weighted by molar-refractivity contribution is 7.13. The number of hydrogen-bond acceptors (Lipinski definition) is 16. The molecule has 13 rings (SSSR count). The summed E-state index contributed by atoms with van der Waals surface area (Å²) in [6.45, 7) is 13.5. The minimum Gasteiger partial charge on any atom is -0.508 e. The number of nitrogens with one attached hydrogen (secondary N) is 2.